The second kappa shape index (κ2) is 7.48. The minimum atomic E-state index is 0.183. The summed E-state index contributed by atoms with van der Waals surface area (Å²) in [6, 6.07) is 5.57. The third kappa shape index (κ3) is 3.78. The summed E-state index contributed by atoms with van der Waals surface area (Å²) in [6.07, 6.45) is 4.42. The van der Waals surface area contributed by atoms with Crippen LogP contribution < -0.4 is 9.47 Å². The maximum absolute atomic E-state index is 12.6. The number of carbonyl (C=O) groups excluding carboxylic acids is 1. The summed E-state index contributed by atoms with van der Waals surface area (Å²) in [5.41, 5.74) is 0.753. The molecule has 1 aliphatic carbocycles. The molecule has 1 aromatic carbocycles. The molecule has 3 heteroatoms. The summed E-state index contributed by atoms with van der Waals surface area (Å²) >= 11 is 0. The molecule has 0 amide bonds. The quantitative estimate of drug-likeness (QED) is 0.694. The van der Waals surface area contributed by atoms with E-state index in [0.29, 0.717) is 30.6 Å². The second-order valence-electron chi connectivity index (χ2n) is 5.68. The standard InChI is InChI=1S/C18H26O3/c1-4-13-7-8-14(11-13)18(19)15-9-10-16(20-5-2)17(12-15)21-6-3/h9-10,12-14H,4-8,11H2,1-3H3. The summed E-state index contributed by atoms with van der Waals surface area (Å²) < 4.78 is 11.2. The monoisotopic (exact) mass is 290 g/mol. The van der Waals surface area contributed by atoms with Gasteiger partial charge in [0.25, 0.3) is 0 Å². The lowest BCUT2D eigenvalue weighted by atomic mass is 9.94. The van der Waals surface area contributed by atoms with Gasteiger partial charge in [-0.2, -0.15) is 0 Å². The van der Waals surface area contributed by atoms with Crippen molar-refractivity contribution in [1.29, 1.82) is 0 Å². The fourth-order valence-electron chi connectivity index (χ4n) is 3.12. The fraction of sp³-hybridized carbons (Fsp3) is 0.611. The molecule has 1 fully saturated rings. The Labute approximate surface area is 127 Å². The number of Topliss-reactive ketones (excluding diaryl/α,β-unsaturated/α-hetero) is 1. The van der Waals surface area contributed by atoms with Crippen molar-refractivity contribution in [2.24, 2.45) is 11.8 Å². The van der Waals surface area contributed by atoms with Gasteiger partial charge in [0.2, 0.25) is 0 Å². The summed E-state index contributed by atoms with van der Waals surface area (Å²) in [7, 11) is 0. The highest BCUT2D eigenvalue weighted by Crippen LogP contribution is 2.36. The summed E-state index contributed by atoms with van der Waals surface area (Å²) in [4.78, 5) is 12.6. The van der Waals surface area contributed by atoms with Crippen LogP contribution in [-0.2, 0) is 0 Å². The van der Waals surface area contributed by atoms with Crippen LogP contribution in [-0.4, -0.2) is 19.0 Å². The number of ether oxygens (including phenoxy) is 2. The normalized spacial score (nSPS) is 21.3. The fourth-order valence-corrected chi connectivity index (χ4v) is 3.12. The lowest BCUT2D eigenvalue weighted by Crippen LogP contribution is -2.12. The van der Waals surface area contributed by atoms with Gasteiger partial charge in [-0.1, -0.05) is 13.3 Å². The number of benzene rings is 1. The Morgan fingerprint density at radius 1 is 1.10 bits per heavy atom. The largest absolute Gasteiger partial charge is 0.490 e. The average molecular weight is 290 g/mol. The summed E-state index contributed by atoms with van der Waals surface area (Å²) in [5, 5.41) is 0. The van der Waals surface area contributed by atoms with E-state index in [0.717, 1.165) is 18.4 Å². The Morgan fingerprint density at radius 2 is 1.81 bits per heavy atom. The van der Waals surface area contributed by atoms with Crippen molar-refractivity contribution in [2.75, 3.05) is 13.2 Å². The van der Waals surface area contributed by atoms with Crippen LogP contribution in [0.3, 0.4) is 0 Å². The molecule has 0 saturated heterocycles. The van der Waals surface area contributed by atoms with Gasteiger partial charge in [0.05, 0.1) is 13.2 Å². The maximum atomic E-state index is 12.6. The van der Waals surface area contributed by atoms with Crippen molar-refractivity contribution in [1.82, 2.24) is 0 Å². The molecule has 1 saturated carbocycles. The molecule has 0 aliphatic heterocycles. The Hall–Kier alpha value is -1.51. The van der Waals surface area contributed by atoms with Gasteiger partial charge in [-0.05, 0) is 57.2 Å². The molecule has 2 unspecified atom stereocenters. The topological polar surface area (TPSA) is 35.5 Å². The minimum Gasteiger partial charge on any atom is -0.490 e. The predicted octanol–water partition coefficient (Wildman–Crippen LogP) is 4.49. The predicted molar refractivity (Wildman–Crippen MR) is 84.2 cm³/mol. The van der Waals surface area contributed by atoms with E-state index < -0.39 is 0 Å². The lowest BCUT2D eigenvalue weighted by Gasteiger charge is -2.14. The first-order valence-electron chi connectivity index (χ1n) is 8.13. The van der Waals surface area contributed by atoms with E-state index in [2.05, 4.69) is 6.92 Å². The van der Waals surface area contributed by atoms with Crippen LogP contribution in [0.4, 0.5) is 0 Å². The van der Waals surface area contributed by atoms with Crippen molar-refractivity contribution in [3.63, 3.8) is 0 Å². The van der Waals surface area contributed by atoms with Crippen molar-refractivity contribution in [3.05, 3.63) is 23.8 Å². The molecule has 0 bridgehead atoms. The van der Waals surface area contributed by atoms with E-state index in [1.807, 2.05) is 32.0 Å². The van der Waals surface area contributed by atoms with Gasteiger partial charge in [0.15, 0.2) is 17.3 Å². The SMILES string of the molecule is CCOc1ccc(C(=O)C2CCC(CC)C2)cc1OCC. The smallest absolute Gasteiger partial charge is 0.166 e. The lowest BCUT2D eigenvalue weighted by molar-refractivity contribution is 0.0919. The highest BCUT2D eigenvalue weighted by molar-refractivity contribution is 5.98. The Bertz CT molecular complexity index is 481. The molecule has 0 radical (unpaired) electrons. The first-order chi connectivity index (χ1) is 10.2. The van der Waals surface area contributed by atoms with E-state index in [1.54, 1.807) is 0 Å². The molecule has 0 aromatic heterocycles. The Morgan fingerprint density at radius 3 is 2.43 bits per heavy atom. The summed E-state index contributed by atoms with van der Waals surface area (Å²) in [5.74, 6) is 2.55. The van der Waals surface area contributed by atoms with Crippen LogP contribution >= 0.6 is 0 Å². The Kier molecular flexibility index (Phi) is 5.66. The van der Waals surface area contributed by atoms with E-state index in [4.69, 9.17) is 9.47 Å². The van der Waals surface area contributed by atoms with Gasteiger partial charge in [-0.25, -0.2) is 0 Å². The van der Waals surface area contributed by atoms with Crippen LogP contribution in [0.25, 0.3) is 0 Å². The third-order valence-electron chi connectivity index (χ3n) is 4.32. The molecule has 0 spiro atoms. The van der Waals surface area contributed by atoms with Crippen molar-refractivity contribution in [2.45, 2.75) is 46.5 Å². The molecule has 116 valence electrons. The van der Waals surface area contributed by atoms with Gasteiger partial charge >= 0.3 is 0 Å². The van der Waals surface area contributed by atoms with Gasteiger partial charge in [-0.3, -0.25) is 4.79 Å². The number of rotatable bonds is 7. The molecular formula is C18H26O3. The van der Waals surface area contributed by atoms with Crippen molar-refractivity contribution >= 4 is 5.78 Å². The molecular weight excluding hydrogens is 264 g/mol. The van der Waals surface area contributed by atoms with Crippen LogP contribution in [0.15, 0.2) is 18.2 Å². The van der Waals surface area contributed by atoms with Gasteiger partial charge in [-0.15, -0.1) is 0 Å². The van der Waals surface area contributed by atoms with Crippen LogP contribution in [0.2, 0.25) is 0 Å². The average Bonchev–Trinajstić information content (AvgIpc) is 2.98. The summed E-state index contributed by atoms with van der Waals surface area (Å²) in [6.45, 7) is 7.25. The van der Waals surface area contributed by atoms with Crippen LogP contribution in [0, 0.1) is 11.8 Å². The zero-order chi connectivity index (χ0) is 15.2. The zero-order valence-corrected chi connectivity index (χ0v) is 13.4. The second-order valence-corrected chi connectivity index (χ2v) is 5.68. The highest BCUT2D eigenvalue weighted by atomic mass is 16.5. The first-order valence-corrected chi connectivity index (χ1v) is 8.13. The van der Waals surface area contributed by atoms with Crippen molar-refractivity contribution in [3.8, 4) is 11.5 Å². The van der Waals surface area contributed by atoms with E-state index in [-0.39, 0.29) is 11.7 Å². The van der Waals surface area contributed by atoms with Crippen LogP contribution in [0.1, 0.15) is 56.8 Å². The molecule has 1 aromatic rings. The molecule has 2 atom stereocenters. The number of hydrogen-bond donors (Lipinski definition) is 0. The van der Waals surface area contributed by atoms with E-state index >= 15 is 0 Å². The minimum absolute atomic E-state index is 0.183. The molecule has 2 rings (SSSR count). The Balaban J connectivity index is 2.15. The van der Waals surface area contributed by atoms with Crippen LogP contribution in [0.5, 0.6) is 11.5 Å². The zero-order valence-electron chi connectivity index (χ0n) is 13.4. The van der Waals surface area contributed by atoms with E-state index in [1.165, 1.54) is 12.8 Å². The maximum Gasteiger partial charge on any atom is 0.166 e. The number of ketones is 1. The molecule has 0 heterocycles. The number of hydrogen-bond acceptors (Lipinski definition) is 3. The van der Waals surface area contributed by atoms with Gasteiger partial charge in [0.1, 0.15) is 0 Å². The molecule has 3 nitrogen and oxygen atoms in total. The van der Waals surface area contributed by atoms with Crippen molar-refractivity contribution < 1.29 is 14.3 Å². The van der Waals surface area contributed by atoms with Gasteiger partial charge < -0.3 is 9.47 Å². The third-order valence-corrected chi connectivity index (χ3v) is 4.32. The van der Waals surface area contributed by atoms with Gasteiger partial charge in [0, 0.05) is 11.5 Å². The highest BCUT2D eigenvalue weighted by Gasteiger charge is 2.29. The number of carbonyl (C=O) groups is 1. The molecule has 1 aliphatic rings. The molecule has 21 heavy (non-hydrogen) atoms. The first kappa shape index (κ1) is 15.9. The molecule has 0 N–H and O–H groups in total. The van der Waals surface area contributed by atoms with E-state index in [9.17, 15) is 4.79 Å².